The van der Waals surface area contributed by atoms with Gasteiger partial charge in [0.25, 0.3) is 0 Å². The van der Waals surface area contributed by atoms with Crippen molar-refractivity contribution < 1.29 is 4.39 Å². The molecule has 114 valence electrons. The summed E-state index contributed by atoms with van der Waals surface area (Å²) < 4.78 is 14.9. The molecule has 0 saturated heterocycles. The lowest BCUT2D eigenvalue weighted by molar-refractivity contribution is 0.443. The Morgan fingerprint density at radius 1 is 1.24 bits per heavy atom. The molecule has 0 aliphatic heterocycles. The van der Waals surface area contributed by atoms with E-state index in [1.807, 2.05) is 30.1 Å². The monoisotopic (exact) mass is 289 g/mol. The van der Waals surface area contributed by atoms with Crippen LogP contribution in [0.25, 0.3) is 0 Å². The van der Waals surface area contributed by atoms with E-state index in [-0.39, 0.29) is 5.82 Å². The summed E-state index contributed by atoms with van der Waals surface area (Å²) in [5, 5.41) is 7.64. The van der Waals surface area contributed by atoms with Crippen LogP contribution in [0.4, 0.5) is 4.39 Å². The molecule has 0 fully saturated rings. The smallest absolute Gasteiger partial charge is 0.123 e. The molecular formula is C17H24FN3. The number of rotatable bonds is 8. The van der Waals surface area contributed by atoms with Gasteiger partial charge in [0.05, 0.1) is 0 Å². The number of halogens is 1. The molecule has 1 atom stereocenters. The van der Waals surface area contributed by atoms with E-state index in [9.17, 15) is 4.39 Å². The van der Waals surface area contributed by atoms with Crippen LogP contribution >= 0.6 is 0 Å². The number of hydrogen-bond donors (Lipinski definition) is 1. The Balaban J connectivity index is 1.93. The van der Waals surface area contributed by atoms with Crippen molar-refractivity contribution in [2.45, 2.75) is 26.2 Å². The molecule has 0 aliphatic rings. The molecule has 2 aromatic rings. The lowest BCUT2D eigenvalue weighted by Gasteiger charge is -2.17. The maximum absolute atomic E-state index is 13.0. The van der Waals surface area contributed by atoms with Gasteiger partial charge >= 0.3 is 0 Å². The number of aryl methyl sites for hydroxylation is 2. The Hall–Kier alpha value is -1.68. The maximum atomic E-state index is 13.0. The summed E-state index contributed by atoms with van der Waals surface area (Å²) in [5.41, 5.74) is 2.46. The fraction of sp³-hybridized carbons (Fsp3) is 0.471. The Morgan fingerprint density at radius 3 is 2.62 bits per heavy atom. The van der Waals surface area contributed by atoms with Crippen LogP contribution < -0.4 is 5.32 Å². The standard InChI is InChI=1S/C17H24FN3/c1-3-19-13-15(6-9-17-10-11-20-21(17)2)12-14-4-7-16(18)8-5-14/h4-5,7-8,10-11,15,19H,3,6,9,12-13H2,1-2H3. The summed E-state index contributed by atoms with van der Waals surface area (Å²) in [6.45, 7) is 4.09. The van der Waals surface area contributed by atoms with Crippen LogP contribution in [0.2, 0.25) is 0 Å². The lowest BCUT2D eigenvalue weighted by Crippen LogP contribution is -2.24. The zero-order valence-electron chi connectivity index (χ0n) is 12.8. The van der Waals surface area contributed by atoms with Crippen molar-refractivity contribution in [3.05, 3.63) is 53.6 Å². The van der Waals surface area contributed by atoms with E-state index in [1.54, 1.807) is 12.1 Å². The van der Waals surface area contributed by atoms with Crippen LogP contribution in [-0.4, -0.2) is 22.9 Å². The molecule has 0 spiro atoms. The predicted octanol–water partition coefficient (Wildman–Crippen LogP) is 2.96. The van der Waals surface area contributed by atoms with E-state index in [1.165, 1.54) is 11.3 Å². The van der Waals surface area contributed by atoms with Gasteiger partial charge in [-0.2, -0.15) is 5.10 Å². The zero-order valence-corrected chi connectivity index (χ0v) is 12.8. The van der Waals surface area contributed by atoms with Gasteiger partial charge in [0.2, 0.25) is 0 Å². The Kier molecular flexibility index (Phi) is 5.93. The van der Waals surface area contributed by atoms with Crippen LogP contribution in [-0.2, 0) is 19.9 Å². The maximum Gasteiger partial charge on any atom is 0.123 e. The van der Waals surface area contributed by atoms with Gasteiger partial charge in [0.1, 0.15) is 5.82 Å². The van der Waals surface area contributed by atoms with E-state index in [0.29, 0.717) is 5.92 Å². The molecule has 0 saturated carbocycles. The summed E-state index contributed by atoms with van der Waals surface area (Å²) >= 11 is 0. The molecule has 0 radical (unpaired) electrons. The van der Waals surface area contributed by atoms with Crippen molar-refractivity contribution in [2.24, 2.45) is 13.0 Å². The molecule has 1 aromatic carbocycles. The minimum absolute atomic E-state index is 0.170. The molecule has 0 aliphatic carbocycles. The predicted molar refractivity (Wildman–Crippen MR) is 83.7 cm³/mol. The summed E-state index contributed by atoms with van der Waals surface area (Å²) in [6, 6.07) is 8.93. The van der Waals surface area contributed by atoms with Gasteiger partial charge in [-0.25, -0.2) is 4.39 Å². The second kappa shape index (κ2) is 7.93. The minimum Gasteiger partial charge on any atom is -0.317 e. The first-order valence-corrected chi connectivity index (χ1v) is 7.61. The highest BCUT2D eigenvalue weighted by atomic mass is 19.1. The van der Waals surface area contributed by atoms with Gasteiger partial charge in [0, 0.05) is 18.9 Å². The molecule has 1 N–H and O–H groups in total. The zero-order chi connectivity index (χ0) is 15.1. The van der Waals surface area contributed by atoms with Crippen molar-refractivity contribution in [2.75, 3.05) is 13.1 Å². The van der Waals surface area contributed by atoms with E-state index in [4.69, 9.17) is 0 Å². The van der Waals surface area contributed by atoms with Crippen molar-refractivity contribution >= 4 is 0 Å². The van der Waals surface area contributed by atoms with Crippen LogP contribution in [0, 0.1) is 11.7 Å². The number of hydrogen-bond acceptors (Lipinski definition) is 2. The molecule has 1 aromatic heterocycles. The summed E-state index contributed by atoms with van der Waals surface area (Å²) in [5.74, 6) is 0.377. The van der Waals surface area contributed by atoms with E-state index >= 15 is 0 Å². The van der Waals surface area contributed by atoms with Crippen LogP contribution in [0.1, 0.15) is 24.6 Å². The van der Waals surface area contributed by atoms with Gasteiger partial charge in [-0.05, 0) is 62.0 Å². The third-order valence-corrected chi connectivity index (χ3v) is 3.85. The Labute approximate surface area is 126 Å². The van der Waals surface area contributed by atoms with E-state index in [2.05, 4.69) is 23.4 Å². The highest BCUT2D eigenvalue weighted by Crippen LogP contribution is 2.15. The average molecular weight is 289 g/mol. The lowest BCUT2D eigenvalue weighted by atomic mass is 9.94. The van der Waals surface area contributed by atoms with Gasteiger partial charge in [-0.15, -0.1) is 0 Å². The summed E-state index contributed by atoms with van der Waals surface area (Å²) in [6.07, 6.45) is 4.94. The quantitative estimate of drug-likeness (QED) is 0.809. The number of aromatic nitrogens is 2. The van der Waals surface area contributed by atoms with Crippen molar-refractivity contribution in [3.63, 3.8) is 0 Å². The van der Waals surface area contributed by atoms with Gasteiger partial charge in [0.15, 0.2) is 0 Å². The highest BCUT2D eigenvalue weighted by molar-refractivity contribution is 5.16. The van der Waals surface area contributed by atoms with Gasteiger partial charge < -0.3 is 5.32 Å². The molecule has 2 rings (SSSR count). The van der Waals surface area contributed by atoms with Crippen molar-refractivity contribution in [3.8, 4) is 0 Å². The Morgan fingerprint density at radius 2 is 2.00 bits per heavy atom. The summed E-state index contributed by atoms with van der Waals surface area (Å²) in [4.78, 5) is 0. The minimum atomic E-state index is -0.170. The molecule has 0 bridgehead atoms. The fourth-order valence-corrected chi connectivity index (χ4v) is 2.58. The van der Waals surface area contributed by atoms with Gasteiger partial charge in [-0.3, -0.25) is 4.68 Å². The SMILES string of the molecule is CCNCC(CCc1ccnn1C)Cc1ccc(F)cc1. The van der Waals surface area contributed by atoms with Gasteiger partial charge in [-0.1, -0.05) is 19.1 Å². The largest absolute Gasteiger partial charge is 0.317 e. The molecule has 21 heavy (non-hydrogen) atoms. The first-order chi connectivity index (χ1) is 10.2. The number of nitrogens with zero attached hydrogens (tertiary/aromatic N) is 2. The molecular weight excluding hydrogens is 265 g/mol. The van der Waals surface area contributed by atoms with E-state index in [0.717, 1.165) is 32.4 Å². The molecule has 0 amide bonds. The fourth-order valence-electron chi connectivity index (χ4n) is 2.58. The van der Waals surface area contributed by atoms with Crippen LogP contribution in [0.5, 0.6) is 0 Å². The summed E-state index contributed by atoms with van der Waals surface area (Å²) in [7, 11) is 1.98. The van der Waals surface area contributed by atoms with E-state index < -0.39 is 0 Å². The van der Waals surface area contributed by atoms with Crippen molar-refractivity contribution in [1.82, 2.24) is 15.1 Å². The molecule has 3 nitrogen and oxygen atoms in total. The second-order valence-electron chi connectivity index (χ2n) is 5.49. The average Bonchev–Trinajstić information content (AvgIpc) is 2.89. The van der Waals surface area contributed by atoms with Crippen molar-refractivity contribution in [1.29, 1.82) is 0 Å². The number of nitrogens with one attached hydrogen (secondary N) is 1. The topological polar surface area (TPSA) is 29.9 Å². The number of benzene rings is 1. The van der Waals surface area contributed by atoms with Crippen LogP contribution in [0.3, 0.4) is 0 Å². The van der Waals surface area contributed by atoms with Crippen LogP contribution in [0.15, 0.2) is 36.5 Å². The first-order valence-electron chi connectivity index (χ1n) is 7.61. The molecule has 4 heteroatoms. The second-order valence-corrected chi connectivity index (χ2v) is 5.49. The third kappa shape index (κ3) is 4.97. The molecule has 1 heterocycles. The third-order valence-electron chi connectivity index (χ3n) is 3.85. The first kappa shape index (κ1) is 15.7. The normalized spacial score (nSPS) is 12.5. The highest BCUT2D eigenvalue weighted by Gasteiger charge is 2.11. The Bertz CT molecular complexity index is 533. The molecule has 1 unspecified atom stereocenters.